The summed E-state index contributed by atoms with van der Waals surface area (Å²) in [6.45, 7) is 5.54. The molecule has 0 aliphatic carbocycles. The summed E-state index contributed by atoms with van der Waals surface area (Å²) in [6.07, 6.45) is 3.45. The van der Waals surface area contributed by atoms with E-state index in [1.54, 1.807) is 7.11 Å². The molecule has 22 heavy (non-hydrogen) atoms. The third-order valence-electron chi connectivity index (χ3n) is 3.19. The molecular weight excluding hydrogens is 292 g/mol. The molecule has 0 saturated heterocycles. The van der Waals surface area contributed by atoms with E-state index in [9.17, 15) is 4.79 Å². The minimum absolute atomic E-state index is 0.0433. The van der Waals surface area contributed by atoms with Gasteiger partial charge in [0.25, 0.3) is 0 Å². The number of carbonyl (C=O) groups is 1. The molecule has 0 heterocycles. The Bertz CT molecular complexity index is 682. The molecule has 3 heteroatoms. The zero-order chi connectivity index (χ0) is 15.9. The van der Waals surface area contributed by atoms with Crippen LogP contribution in [0.25, 0.3) is 11.6 Å². The molecule has 2 nitrogen and oxygen atoms in total. The molecule has 0 N–H and O–H groups in total. The molecule has 0 saturated carbocycles. The van der Waals surface area contributed by atoms with Gasteiger partial charge in [-0.05, 0) is 65.7 Å². The fourth-order valence-corrected chi connectivity index (χ4v) is 2.56. The van der Waals surface area contributed by atoms with Gasteiger partial charge < -0.3 is 4.74 Å². The van der Waals surface area contributed by atoms with Crippen LogP contribution in [0.3, 0.4) is 0 Å². The molecule has 0 radical (unpaired) electrons. The first-order valence-electron chi connectivity index (χ1n) is 6.89. The Kier molecular flexibility index (Phi) is 5.61. The molecule has 0 aliphatic rings. The molecule has 0 amide bonds. The molecule has 0 spiro atoms. The first-order chi connectivity index (χ1) is 10.6. The molecule has 0 aromatic heterocycles. The predicted molar refractivity (Wildman–Crippen MR) is 94.0 cm³/mol. The Morgan fingerprint density at radius 1 is 1.09 bits per heavy atom. The SMILES string of the molecule is C=CC(=O)Sc1ccc(/C(C)=C\c2ccc(OC)cc2)cc1. The summed E-state index contributed by atoms with van der Waals surface area (Å²) < 4.78 is 5.16. The monoisotopic (exact) mass is 310 g/mol. The van der Waals surface area contributed by atoms with Gasteiger partial charge in [-0.15, -0.1) is 0 Å². The fraction of sp³-hybridized carbons (Fsp3) is 0.105. The number of hydrogen-bond acceptors (Lipinski definition) is 3. The number of ether oxygens (including phenoxy) is 1. The number of rotatable bonds is 5. The lowest BCUT2D eigenvalue weighted by Gasteiger charge is -2.05. The Hall–Kier alpha value is -2.26. The van der Waals surface area contributed by atoms with E-state index in [-0.39, 0.29) is 5.12 Å². The van der Waals surface area contributed by atoms with Crippen molar-refractivity contribution in [3.05, 3.63) is 72.3 Å². The Morgan fingerprint density at radius 3 is 2.27 bits per heavy atom. The highest BCUT2D eigenvalue weighted by atomic mass is 32.2. The summed E-state index contributed by atoms with van der Waals surface area (Å²) in [5, 5.41) is -0.0433. The van der Waals surface area contributed by atoms with Crippen molar-refractivity contribution in [1.29, 1.82) is 0 Å². The molecule has 0 bridgehead atoms. The largest absolute Gasteiger partial charge is 0.497 e. The molecule has 2 aromatic rings. The van der Waals surface area contributed by atoms with Crippen LogP contribution in [-0.2, 0) is 4.79 Å². The standard InChI is InChI=1S/C19H18O2S/c1-4-19(20)22-18-11-7-16(8-12-18)14(2)13-15-5-9-17(21-3)10-6-15/h4-13H,1H2,2-3H3/b14-13-. The molecule has 0 fully saturated rings. The van der Waals surface area contributed by atoms with E-state index in [0.29, 0.717) is 0 Å². The molecule has 0 atom stereocenters. The topological polar surface area (TPSA) is 26.3 Å². The lowest BCUT2D eigenvalue weighted by atomic mass is 10.0. The average molecular weight is 310 g/mol. The van der Waals surface area contributed by atoms with Crippen molar-refractivity contribution >= 4 is 28.5 Å². The van der Waals surface area contributed by atoms with Crippen molar-refractivity contribution < 1.29 is 9.53 Å². The summed E-state index contributed by atoms with van der Waals surface area (Å²) in [7, 11) is 1.66. The highest BCUT2D eigenvalue weighted by Gasteiger charge is 2.02. The number of hydrogen-bond donors (Lipinski definition) is 0. The van der Waals surface area contributed by atoms with Crippen LogP contribution in [0.2, 0.25) is 0 Å². The van der Waals surface area contributed by atoms with Crippen LogP contribution in [0.15, 0.2) is 66.1 Å². The van der Waals surface area contributed by atoms with Crippen LogP contribution < -0.4 is 4.74 Å². The van der Waals surface area contributed by atoms with Gasteiger partial charge in [0.05, 0.1) is 7.11 Å². The van der Waals surface area contributed by atoms with Crippen molar-refractivity contribution in [3.8, 4) is 5.75 Å². The van der Waals surface area contributed by atoms with Crippen molar-refractivity contribution in [3.63, 3.8) is 0 Å². The smallest absolute Gasteiger partial charge is 0.216 e. The zero-order valence-corrected chi connectivity index (χ0v) is 13.5. The maximum atomic E-state index is 11.3. The van der Waals surface area contributed by atoms with Crippen LogP contribution in [0, 0.1) is 0 Å². The van der Waals surface area contributed by atoms with E-state index in [1.807, 2.05) is 48.5 Å². The van der Waals surface area contributed by atoms with Crippen molar-refractivity contribution in [2.24, 2.45) is 0 Å². The van der Waals surface area contributed by atoms with Crippen LogP contribution in [0.5, 0.6) is 5.75 Å². The second-order valence-electron chi connectivity index (χ2n) is 4.75. The second-order valence-corrected chi connectivity index (χ2v) is 5.83. The predicted octanol–water partition coefficient (Wildman–Crippen LogP) is 5.06. The average Bonchev–Trinajstić information content (AvgIpc) is 2.56. The quantitative estimate of drug-likeness (QED) is 0.438. The van der Waals surface area contributed by atoms with Gasteiger partial charge in [0.2, 0.25) is 5.12 Å². The van der Waals surface area contributed by atoms with Crippen LogP contribution in [-0.4, -0.2) is 12.2 Å². The van der Waals surface area contributed by atoms with Gasteiger partial charge in [-0.3, -0.25) is 4.79 Å². The summed E-state index contributed by atoms with van der Waals surface area (Å²) in [5.41, 5.74) is 3.42. The van der Waals surface area contributed by atoms with Gasteiger partial charge in [-0.1, -0.05) is 36.9 Å². The Morgan fingerprint density at radius 2 is 1.73 bits per heavy atom. The molecule has 112 valence electrons. The van der Waals surface area contributed by atoms with E-state index in [1.165, 1.54) is 17.8 Å². The third kappa shape index (κ3) is 4.37. The first-order valence-corrected chi connectivity index (χ1v) is 7.71. The number of thioether (sulfide) groups is 1. The molecular formula is C19H18O2S. The summed E-state index contributed by atoms with van der Waals surface area (Å²) >= 11 is 1.18. The van der Waals surface area contributed by atoms with E-state index < -0.39 is 0 Å². The highest BCUT2D eigenvalue weighted by molar-refractivity contribution is 8.14. The molecule has 0 aliphatic heterocycles. The Labute approximate surface area is 135 Å². The maximum Gasteiger partial charge on any atom is 0.216 e. The Balaban J connectivity index is 2.14. The van der Waals surface area contributed by atoms with E-state index in [4.69, 9.17) is 4.74 Å². The molecule has 2 rings (SSSR count). The minimum atomic E-state index is -0.0433. The van der Waals surface area contributed by atoms with E-state index >= 15 is 0 Å². The van der Waals surface area contributed by atoms with Crippen LogP contribution >= 0.6 is 11.8 Å². The summed E-state index contributed by atoms with van der Waals surface area (Å²) in [5.74, 6) is 0.850. The van der Waals surface area contributed by atoms with Gasteiger partial charge in [0, 0.05) is 4.90 Å². The molecule has 2 aromatic carbocycles. The van der Waals surface area contributed by atoms with Crippen molar-refractivity contribution in [1.82, 2.24) is 0 Å². The van der Waals surface area contributed by atoms with E-state index in [2.05, 4.69) is 19.6 Å². The summed E-state index contributed by atoms with van der Waals surface area (Å²) in [4.78, 5) is 12.2. The molecule has 0 unspecified atom stereocenters. The normalized spacial score (nSPS) is 11.1. The number of methoxy groups -OCH3 is 1. The lowest BCUT2D eigenvalue weighted by molar-refractivity contribution is -0.107. The van der Waals surface area contributed by atoms with Gasteiger partial charge in [0.1, 0.15) is 5.75 Å². The fourth-order valence-electron chi connectivity index (χ4n) is 1.98. The first kappa shape index (κ1) is 16.1. The van der Waals surface area contributed by atoms with Crippen LogP contribution in [0.4, 0.5) is 0 Å². The zero-order valence-electron chi connectivity index (χ0n) is 12.7. The lowest BCUT2D eigenvalue weighted by Crippen LogP contribution is -1.85. The van der Waals surface area contributed by atoms with Crippen molar-refractivity contribution in [2.45, 2.75) is 11.8 Å². The highest BCUT2D eigenvalue weighted by Crippen LogP contribution is 2.24. The minimum Gasteiger partial charge on any atom is -0.497 e. The number of benzene rings is 2. The van der Waals surface area contributed by atoms with E-state index in [0.717, 1.165) is 27.3 Å². The number of carbonyl (C=O) groups excluding carboxylic acids is 1. The second kappa shape index (κ2) is 7.66. The van der Waals surface area contributed by atoms with Gasteiger partial charge in [0.15, 0.2) is 0 Å². The van der Waals surface area contributed by atoms with Crippen molar-refractivity contribution in [2.75, 3.05) is 7.11 Å². The van der Waals surface area contributed by atoms with Gasteiger partial charge >= 0.3 is 0 Å². The van der Waals surface area contributed by atoms with Gasteiger partial charge in [-0.2, -0.15) is 0 Å². The summed E-state index contributed by atoms with van der Waals surface area (Å²) in [6, 6.07) is 15.9. The number of allylic oxidation sites excluding steroid dienone is 1. The maximum absolute atomic E-state index is 11.3. The van der Waals surface area contributed by atoms with Crippen LogP contribution in [0.1, 0.15) is 18.1 Å². The third-order valence-corrected chi connectivity index (χ3v) is 4.07. The van der Waals surface area contributed by atoms with Gasteiger partial charge in [-0.25, -0.2) is 0 Å².